The van der Waals surface area contributed by atoms with E-state index < -0.39 is 11.4 Å². The number of hydrogen-bond donors (Lipinski definition) is 2. The first-order valence-corrected chi connectivity index (χ1v) is 6.82. The van der Waals surface area contributed by atoms with E-state index in [4.69, 9.17) is 4.74 Å². The molecule has 1 aliphatic heterocycles. The Morgan fingerprint density at radius 3 is 2.53 bits per heavy atom. The Balaban J connectivity index is 2.48. The van der Waals surface area contributed by atoms with Gasteiger partial charge in [0.15, 0.2) is 0 Å². The molecule has 0 atom stereocenters. The Kier molecular flexibility index (Phi) is 6.08. The van der Waals surface area contributed by atoms with E-state index in [-0.39, 0.29) is 12.6 Å². The molecule has 0 bridgehead atoms. The zero-order chi connectivity index (χ0) is 14.3. The summed E-state index contributed by atoms with van der Waals surface area (Å²) < 4.78 is 5.20. The second kappa shape index (κ2) is 7.33. The number of carboxylic acid groups (broad SMARTS) is 1. The topological polar surface area (TPSA) is 78.9 Å². The normalized spacial score (nSPS) is 17.8. The fourth-order valence-corrected chi connectivity index (χ4v) is 2.10. The lowest BCUT2D eigenvalue weighted by Crippen LogP contribution is -2.49. The van der Waals surface area contributed by atoms with Crippen LogP contribution in [0.2, 0.25) is 0 Å². The molecule has 0 aromatic heterocycles. The van der Waals surface area contributed by atoms with Crippen molar-refractivity contribution in [3.63, 3.8) is 0 Å². The van der Waals surface area contributed by atoms with Gasteiger partial charge in [0.25, 0.3) is 0 Å². The SMILES string of the molecule is CCCCN(C)C(=O)NCC1(C(=O)O)CCOCC1. The number of carboxylic acids is 1. The molecule has 6 nitrogen and oxygen atoms in total. The van der Waals surface area contributed by atoms with Crippen molar-refractivity contribution in [2.75, 3.05) is 33.4 Å². The first-order chi connectivity index (χ1) is 9.02. The zero-order valence-electron chi connectivity index (χ0n) is 11.8. The van der Waals surface area contributed by atoms with E-state index >= 15 is 0 Å². The number of unbranched alkanes of at least 4 members (excludes halogenated alkanes) is 1. The predicted octanol–water partition coefficient (Wildman–Crippen LogP) is 1.31. The lowest BCUT2D eigenvalue weighted by atomic mass is 9.80. The maximum atomic E-state index is 11.8. The molecule has 6 heteroatoms. The molecule has 110 valence electrons. The van der Waals surface area contributed by atoms with Crippen molar-refractivity contribution in [1.29, 1.82) is 0 Å². The van der Waals surface area contributed by atoms with Gasteiger partial charge in [-0.15, -0.1) is 0 Å². The standard InChI is InChI=1S/C13H24N2O4/c1-3-4-7-15(2)12(18)14-10-13(11(16)17)5-8-19-9-6-13/h3-10H2,1-2H3,(H,14,18)(H,16,17). The van der Waals surface area contributed by atoms with Gasteiger partial charge in [0, 0.05) is 33.4 Å². The van der Waals surface area contributed by atoms with Crippen molar-refractivity contribution in [3.05, 3.63) is 0 Å². The quantitative estimate of drug-likeness (QED) is 0.764. The third-order valence-corrected chi connectivity index (χ3v) is 3.68. The Labute approximate surface area is 114 Å². The monoisotopic (exact) mass is 272 g/mol. The molecule has 1 saturated heterocycles. The van der Waals surface area contributed by atoms with Crippen molar-refractivity contribution in [3.8, 4) is 0 Å². The van der Waals surface area contributed by atoms with Gasteiger partial charge < -0.3 is 20.1 Å². The van der Waals surface area contributed by atoms with Gasteiger partial charge in [-0.05, 0) is 19.3 Å². The number of carbonyl (C=O) groups is 2. The van der Waals surface area contributed by atoms with Crippen molar-refractivity contribution >= 4 is 12.0 Å². The van der Waals surface area contributed by atoms with Gasteiger partial charge in [0.1, 0.15) is 0 Å². The number of amides is 2. The van der Waals surface area contributed by atoms with Crippen LogP contribution < -0.4 is 5.32 Å². The van der Waals surface area contributed by atoms with Gasteiger partial charge in [-0.3, -0.25) is 4.79 Å². The Bertz CT molecular complexity index is 314. The van der Waals surface area contributed by atoms with E-state index in [1.807, 2.05) is 0 Å². The average molecular weight is 272 g/mol. The number of aliphatic carboxylic acids is 1. The number of carbonyl (C=O) groups excluding carboxylic acids is 1. The Morgan fingerprint density at radius 1 is 1.37 bits per heavy atom. The molecule has 0 aromatic rings. The van der Waals surface area contributed by atoms with Crippen LogP contribution in [0.4, 0.5) is 4.79 Å². The van der Waals surface area contributed by atoms with Crippen LogP contribution in [0, 0.1) is 5.41 Å². The van der Waals surface area contributed by atoms with E-state index in [0.29, 0.717) is 32.6 Å². The molecule has 0 spiro atoms. The number of nitrogens with one attached hydrogen (secondary N) is 1. The summed E-state index contributed by atoms with van der Waals surface area (Å²) in [5.41, 5.74) is -0.875. The highest BCUT2D eigenvalue weighted by molar-refractivity contribution is 5.78. The Morgan fingerprint density at radius 2 is 2.00 bits per heavy atom. The minimum Gasteiger partial charge on any atom is -0.481 e. The van der Waals surface area contributed by atoms with Gasteiger partial charge in [0.05, 0.1) is 5.41 Å². The van der Waals surface area contributed by atoms with Crippen LogP contribution in [0.5, 0.6) is 0 Å². The average Bonchev–Trinajstić information content (AvgIpc) is 2.42. The minimum absolute atomic E-state index is 0.168. The lowest BCUT2D eigenvalue weighted by molar-refractivity contribution is -0.154. The largest absolute Gasteiger partial charge is 0.481 e. The molecule has 19 heavy (non-hydrogen) atoms. The second-order valence-corrected chi connectivity index (χ2v) is 5.13. The molecule has 1 aliphatic rings. The predicted molar refractivity (Wildman–Crippen MR) is 71.1 cm³/mol. The molecule has 1 rings (SSSR count). The van der Waals surface area contributed by atoms with Crippen molar-refractivity contribution in [2.45, 2.75) is 32.6 Å². The summed E-state index contributed by atoms with van der Waals surface area (Å²) in [4.78, 5) is 24.9. The lowest BCUT2D eigenvalue weighted by Gasteiger charge is -2.33. The molecular weight excluding hydrogens is 248 g/mol. The summed E-state index contributed by atoms with van der Waals surface area (Å²) in [6.07, 6.45) is 2.86. The summed E-state index contributed by atoms with van der Waals surface area (Å²) in [7, 11) is 1.72. The van der Waals surface area contributed by atoms with Gasteiger partial charge in [-0.2, -0.15) is 0 Å². The van der Waals surface area contributed by atoms with Crippen LogP contribution in [-0.4, -0.2) is 55.4 Å². The van der Waals surface area contributed by atoms with Gasteiger partial charge >= 0.3 is 12.0 Å². The summed E-state index contributed by atoms with van der Waals surface area (Å²) in [5, 5.41) is 12.1. The molecule has 1 fully saturated rings. The van der Waals surface area contributed by atoms with E-state index in [9.17, 15) is 14.7 Å². The van der Waals surface area contributed by atoms with E-state index in [1.54, 1.807) is 11.9 Å². The minimum atomic E-state index is -0.875. The molecule has 0 aromatic carbocycles. The maximum Gasteiger partial charge on any atom is 0.317 e. The molecule has 2 amide bonds. The highest BCUT2D eigenvalue weighted by Crippen LogP contribution is 2.30. The number of hydrogen-bond acceptors (Lipinski definition) is 3. The molecule has 0 unspecified atom stereocenters. The third kappa shape index (κ3) is 4.38. The number of nitrogens with zero attached hydrogens (tertiary/aromatic N) is 1. The first-order valence-electron chi connectivity index (χ1n) is 6.82. The van der Waals surface area contributed by atoms with E-state index in [1.165, 1.54) is 0 Å². The third-order valence-electron chi connectivity index (χ3n) is 3.68. The molecule has 0 radical (unpaired) electrons. The number of rotatable bonds is 6. The fourth-order valence-electron chi connectivity index (χ4n) is 2.10. The number of urea groups is 1. The van der Waals surface area contributed by atoms with Crippen molar-refractivity contribution in [1.82, 2.24) is 10.2 Å². The van der Waals surface area contributed by atoms with E-state index in [0.717, 1.165) is 12.8 Å². The second-order valence-electron chi connectivity index (χ2n) is 5.13. The van der Waals surface area contributed by atoms with Crippen LogP contribution in [0.1, 0.15) is 32.6 Å². The molecule has 2 N–H and O–H groups in total. The highest BCUT2D eigenvalue weighted by atomic mass is 16.5. The van der Waals surface area contributed by atoms with Crippen LogP contribution >= 0.6 is 0 Å². The first kappa shape index (κ1) is 15.8. The fraction of sp³-hybridized carbons (Fsp3) is 0.846. The van der Waals surface area contributed by atoms with Crippen LogP contribution in [0.15, 0.2) is 0 Å². The molecular formula is C13H24N2O4. The molecule has 0 saturated carbocycles. The van der Waals surface area contributed by atoms with Crippen LogP contribution in [0.25, 0.3) is 0 Å². The summed E-state index contributed by atoms with van der Waals surface area (Å²) in [6, 6.07) is -0.208. The summed E-state index contributed by atoms with van der Waals surface area (Å²) in [6.45, 7) is 3.79. The smallest absolute Gasteiger partial charge is 0.317 e. The zero-order valence-corrected chi connectivity index (χ0v) is 11.8. The van der Waals surface area contributed by atoms with Crippen molar-refractivity contribution < 1.29 is 19.4 Å². The van der Waals surface area contributed by atoms with Gasteiger partial charge in [-0.1, -0.05) is 13.3 Å². The van der Waals surface area contributed by atoms with Crippen LogP contribution in [-0.2, 0) is 9.53 Å². The van der Waals surface area contributed by atoms with Gasteiger partial charge in [0.2, 0.25) is 0 Å². The summed E-state index contributed by atoms with van der Waals surface area (Å²) in [5.74, 6) is -0.854. The number of ether oxygens (including phenoxy) is 1. The van der Waals surface area contributed by atoms with Gasteiger partial charge in [-0.25, -0.2) is 4.79 Å². The van der Waals surface area contributed by atoms with Crippen LogP contribution in [0.3, 0.4) is 0 Å². The molecule has 1 heterocycles. The summed E-state index contributed by atoms with van der Waals surface area (Å²) >= 11 is 0. The van der Waals surface area contributed by atoms with E-state index in [2.05, 4.69) is 12.2 Å². The highest BCUT2D eigenvalue weighted by Gasteiger charge is 2.40. The Hall–Kier alpha value is -1.30. The molecule has 0 aliphatic carbocycles. The van der Waals surface area contributed by atoms with Crippen molar-refractivity contribution in [2.24, 2.45) is 5.41 Å². The maximum absolute atomic E-state index is 11.8.